The van der Waals surface area contributed by atoms with Gasteiger partial charge in [0.15, 0.2) is 0 Å². The standard InChI is InChI=1S/C16H19FN4OS/c1-11-14(19-16(22)20(2)12-7-8-23-10-12)9-18-21(11)15-6-4-3-5-13(15)17/h3-6,9,12H,7-8,10H2,1-2H3,(H,19,22). The molecule has 1 fully saturated rings. The minimum Gasteiger partial charge on any atom is -0.324 e. The first-order chi connectivity index (χ1) is 11.1. The third-order valence-corrected chi connectivity index (χ3v) is 5.25. The SMILES string of the molecule is Cc1c(NC(=O)N(C)C2CCSC2)cnn1-c1ccccc1F. The second kappa shape index (κ2) is 6.62. The average molecular weight is 334 g/mol. The number of para-hydroxylation sites is 1. The van der Waals surface area contributed by atoms with Gasteiger partial charge in [0.1, 0.15) is 11.5 Å². The maximum atomic E-state index is 13.9. The first kappa shape index (κ1) is 15.9. The number of urea groups is 1. The van der Waals surface area contributed by atoms with Crippen molar-refractivity contribution >= 4 is 23.5 Å². The Balaban J connectivity index is 1.77. The van der Waals surface area contributed by atoms with Gasteiger partial charge in [-0.2, -0.15) is 16.9 Å². The van der Waals surface area contributed by atoms with Gasteiger partial charge in [0.05, 0.1) is 17.6 Å². The predicted octanol–water partition coefficient (Wildman–Crippen LogP) is 3.29. The van der Waals surface area contributed by atoms with Gasteiger partial charge in [-0.3, -0.25) is 0 Å². The van der Waals surface area contributed by atoms with Crippen molar-refractivity contribution in [2.75, 3.05) is 23.9 Å². The van der Waals surface area contributed by atoms with Crippen molar-refractivity contribution in [3.8, 4) is 5.69 Å². The lowest BCUT2D eigenvalue weighted by Gasteiger charge is -2.23. The molecule has 1 aromatic carbocycles. The molecule has 1 aliphatic rings. The third-order valence-electron chi connectivity index (χ3n) is 4.11. The number of hydrogen-bond acceptors (Lipinski definition) is 3. The Morgan fingerprint density at radius 2 is 2.26 bits per heavy atom. The summed E-state index contributed by atoms with van der Waals surface area (Å²) in [5.41, 5.74) is 1.65. The van der Waals surface area contributed by atoms with Crippen molar-refractivity contribution in [3.05, 3.63) is 42.0 Å². The van der Waals surface area contributed by atoms with E-state index >= 15 is 0 Å². The van der Waals surface area contributed by atoms with Crippen LogP contribution in [-0.2, 0) is 0 Å². The Kier molecular flexibility index (Phi) is 4.56. The summed E-state index contributed by atoms with van der Waals surface area (Å²) in [7, 11) is 1.81. The maximum Gasteiger partial charge on any atom is 0.321 e. The van der Waals surface area contributed by atoms with Crippen LogP contribution in [0.15, 0.2) is 30.5 Å². The number of aromatic nitrogens is 2. The molecule has 7 heteroatoms. The smallest absolute Gasteiger partial charge is 0.321 e. The van der Waals surface area contributed by atoms with E-state index in [-0.39, 0.29) is 17.9 Å². The molecule has 3 rings (SSSR count). The van der Waals surface area contributed by atoms with E-state index in [1.807, 2.05) is 18.8 Å². The fourth-order valence-electron chi connectivity index (χ4n) is 2.60. The summed E-state index contributed by atoms with van der Waals surface area (Å²) in [6, 6.07) is 6.54. The molecule has 1 aliphatic heterocycles. The molecule has 0 spiro atoms. The highest BCUT2D eigenvalue weighted by Crippen LogP contribution is 2.23. The Labute approximate surface area is 138 Å². The zero-order valence-corrected chi connectivity index (χ0v) is 13.9. The number of amides is 2. The molecular formula is C16H19FN4OS. The van der Waals surface area contributed by atoms with Gasteiger partial charge in [0, 0.05) is 18.8 Å². The predicted molar refractivity (Wildman–Crippen MR) is 90.8 cm³/mol. The van der Waals surface area contributed by atoms with E-state index in [0.29, 0.717) is 17.1 Å². The number of anilines is 1. The summed E-state index contributed by atoms with van der Waals surface area (Å²) in [5.74, 6) is 1.71. The number of hydrogen-bond donors (Lipinski definition) is 1. The number of nitrogens with one attached hydrogen (secondary N) is 1. The monoisotopic (exact) mass is 334 g/mol. The van der Waals surface area contributed by atoms with Crippen molar-refractivity contribution in [1.29, 1.82) is 0 Å². The molecule has 5 nitrogen and oxygen atoms in total. The van der Waals surface area contributed by atoms with Gasteiger partial charge in [0.2, 0.25) is 0 Å². The zero-order chi connectivity index (χ0) is 16.4. The number of rotatable bonds is 3. The van der Waals surface area contributed by atoms with E-state index < -0.39 is 0 Å². The van der Waals surface area contributed by atoms with Crippen molar-refractivity contribution in [2.24, 2.45) is 0 Å². The molecule has 1 aromatic heterocycles. The summed E-state index contributed by atoms with van der Waals surface area (Å²) >= 11 is 1.86. The molecule has 1 N–H and O–H groups in total. The second-order valence-corrected chi connectivity index (χ2v) is 6.72. The van der Waals surface area contributed by atoms with E-state index in [4.69, 9.17) is 0 Å². The molecule has 0 aliphatic carbocycles. The molecule has 2 heterocycles. The molecule has 2 aromatic rings. The van der Waals surface area contributed by atoms with Crippen LogP contribution >= 0.6 is 11.8 Å². The molecule has 23 heavy (non-hydrogen) atoms. The molecule has 0 saturated carbocycles. The lowest BCUT2D eigenvalue weighted by atomic mass is 10.2. The van der Waals surface area contributed by atoms with Gasteiger partial charge in [-0.25, -0.2) is 13.9 Å². The first-order valence-electron chi connectivity index (χ1n) is 7.49. The first-order valence-corrected chi connectivity index (χ1v) is 8.64. The molecule has 1 unspecified atom stereocenters. The van der Waals surface area contributed by atoms with E-state index in [9.17, 15) is 9.18 Å². The van der Waals surface area contributed by atoms with Crippen LogP contribution in [-0.4, -0.2) is 45.3 Å². The van der Waals surface area contributed by atoms with Crippen molar-refractivity contribution in [2.45, 2.75) is 19.4 Å². The average Bonchev–Trinajstić information content (AvgIpc) is 3.19. The molecular weight excluding hydrogens is 315 g/mol. The van der Waals surface area contributed by atoms with Gasteiger partial charge in [-0.15, -0.1) is 0 Å². The lowest BCUT2D eigenvalue weighted by Crippen LogP contribution is -2.39. The Bertz CT molecular complexity index is 712. The largest absolute Gasteiger partial charge is 0.324 e. The molecule has 2 amide bonds. The minimum atomic E-state index is -0.350. The lowest BCUT2D eigenvalue weighted by molar-refractivity contribution is 0.209. The number of thioether (sulfide) groups is 1. The van der Waals surface area contributed by atoms with E-state index in [1.54, 1.807) is 36.2 Å². The van der Waals surface area contributed by atoms with Gasteiger partial charge >= 0.3 is 6.03 Å². The van der Waals surface area contributed by atoms with Gasteiger partial charge < -0.3 is 10.2 Å². The summed E-state index contributed by atoms with van der Waals surface area (Å²) in [6.45, 7) is 1.81. The van der Waals surface area contributed by atoms with Crippen molar-refractivity contribution < 1.29 is 9.18 Å². The molecule has 0 bridgehead atoms. The number of nitrogens with zero attached hydrogens (tertiary/aromatic N) is 3. The highest BCUT2D eigenvalue weighted by Gasteiger charge is 2.24. The Morgan fingerprint density at radius 1 is 1.48 bits per heavy atom. The number of halogens is 1. The third kappa shape index (κ3) is 3.19. The Hall–Kier alpha value is -2.02. The van der Waals surface area contributed by atoms with Crippen LogP contribution in [0, 0.1) is 12.7 Å². The number of benzene rings is 1. The van der Waals surface area contributed by atoms with E-state index in [0.717, 1.165) is 17.9 Å². The fourth-order valence-corrected chi connectivity index (χ4v) is 3.86. The highest BCUT2D eigenvalue weighted by atomic mass is 32.2. The summed E-state index contributed by atoms with van der Waals surface area (Å²) < 4.78 is 15.4. The maximum absolute atomic E-state index is 13.9. The van der Waals surface area contributed by atoms with Crippen LogP contribution in [0.4, 0.5) is 14.9 Å². The highest BCUT2D eigenvalue weighted by molar-refractivity contribution is 7.99. The van der Waals surface area contributed by atoms with E-state index in [2.05, 4.69) is 10.4 Å². The molecule has 1 saturated heterocycles. The van der Waals surface area contributed by atoms with Crippen LogP contribution in [0.5, 0.6) is 0 Å². The number of carbonyl (C=O) groups excluding carboxylic acids is 1. The topological polar surface area (TPSA) is 50.2 Å². The zero-order valence-electron chi connectivity index (χ0n) is 13.1. The quantitative estimate of drug-likeness (QED) is 0.937. The molecule has 1 atom stereocenters. The van der Waals surface area contributed by atoms with Crippen molar-refractivity contribution in [1.82, 2.24) is 14.7 Å². The number of carbonyl (C=O) groups is 1. The summed E-state index contributed by atoms with van der Waals surface area (Å²) in [6.07, 6.45) is 2.57. The van der Waals surface area contributed by atoms with Crippen LogP contribution in [0.2, 0.25) is 0 Å². The fraction of sp³-hybridized carbons (Fsp3) is 0.375. The van der Waals surface area contributed by atoms with Gasteiger partial charge in [-0.1, -0.05) is 12.1 Å². The van der Waals surface area contributed by atoms with Gasteiger partial charge in [-0.05, 0) is 31.2 Å². The minimum absolute atomic E-state index is 0.159. The Morgan fingerprint density at radius 3 is 2.96 bits per heavy atom. The summed E-state index contributed by atoms with van der Waals surface area (Å²) in [4.78, 5) is 14.1. The normalized spacial score (nSPS) is 17.3. The van der Waals surface area contributed by atoms with Crippen molar-refractivity contribution in [3.63, 3.8) is 0 Å². The van der Waals surface area contributed by atoms with Gasteiger partial charge in [0.25, 0.3) is 0 Å². The van der Waals surface area contributed by atoms with Crippen LogP contribution < -0.4 is 5.32 Å². The van der Waals surface area contributed by atoms with Crippen LogP contribution in [0.25, 0.3) is 5.69 Å². The van der Waals surface area contributed by atoms with E-state index in [1.165, 1.54) is 10.7 Å². The molecule has 0 radical (unpaired) electrons. The summed E-state index contributed by atoms with van der Waals surface area (Å²) in [5, 5.41) is 7.06. The van der Waals surface area contributed by atoms with Crippen LogP contribution in [0.3, 0.4) is 0 Å². The molecule has 122 valence electrons. The van der Waals surface area contributed by atoms with Crippen LogP contribution in [0.1, 0.15) is 12.1 Å². The second-order valence-electron chi connectivity index (χ2n) is 5.57.